The average Bonchev–Trinajstić information content (AvgIpc) is 2.73. The van der Waals surface area contributed by atoms with E-state index in [9.17, 15) is 28.1 Å². The van der Waals surface area contributed by atoms with Gasteiger partial charge in [-0.15, -0.1) is 0 Å². The van der Waals surface area contributed by atoms with Crippen molar-refractivity contribution in [2.24, 2.45) is 0 Å². The molecule has 3 rings (SSSR count). The molecule has 0 aliphatic rings. The van der Waals surface area contributed by atoms with Crippen molar-refractivity contribution in [3.05, 3.63) is 76.1 Å². The van der Waals surface area contributed by atoms with E-state index in [2.05, 4.69) is 25.3 Å². The van der Waals surface area contributed by atoms with Crippen LogP contribution in [-0.2, 0) is 10.9 Å². The molecular weight excluding hydrogens is 419 g/mol. The summed E-state index contributed by atoms with van der Waals surface area (Å²) >= 11 is 0. The number of halogens is 3. The first kappa shape index (κ1) is 21.5. The van der Waals surface area contributed by atoms with E-state index in [1.165, 1.54) is 25.3 Å². The number of aromatic nitrogens is 2. The van der Waals surface area contributed by atoms with Gasteiger partial charge in [0.15, 0.2) is 0 Å². The fourth-order valence-electron chi connectivity index (χ4n) is 2.65. The minimum Gasteiger partial charge on any atom is -0.465 e. The van der Waals surface area contributed by atoms with Crippen LogP contribution in [-0.4, -0.2) is 28.0 Å². The molecule has 12 heteroatoms. The number of hydrogen-bond acceptors (Lipinski definition) is 8. The number of anilines is 4. The van der Waals surface area contributed by atoms with Crippen LogP contribution in [0, 0.1) is 10.1 Å². The summed E-state index contributed by atoms with van der Waals surface area (Å²) in [5, 5.41) is 16.9. The number of hydrogen-bond donors (Lipinski definition) is 2. The molecule has 0 saturated carbocycles. The molecule has 0 bridgehead atoms. The molecule has 0 fully saturated rings. The van der Waals surface area contributed by atoms with Gasteiger partial charge in [-0.05, 0) is 30.3 Å². The van der Waals surface area contributed by atoms with Crippen LogP contribution in [0.3, 0.4) is 0 Å². The van der Waals surface area contributed by atoms with Crippen molar-refractivity contribution in [1.82, 2.24) is 9.97 Å². The smallest absolute Gasteiger partial charge is 0.416 e. The van der Waals surface area contributed by atoms with Crippen LogP contribution < -0.4 is 10.6 Å². The first-order valence-corrected chi connectivity index (χ1v) is 8.58. The van der Waals surface area contributed by atoms with E-state index < -0.39 is 28.3 Å². The second-order valence-corrected chi connectivity index (χ2v) is 6.04. The molecular formula is C19H14F3N5O4. The van der Waals surface area contributed by atoms with Crippen LogP contribution in [0.4, 0.5) is 41.9 Å². The van der Waals surface area contributed by atoms with Gasteiger partial charge in [-0.1, -0.05) is 18.2 Å². The van der Waals surface area contributed by atoms with Crippen molar-refractivity contribution >= 4 is 34.7 Å². The summed E-state index contributed by atoms with van der Waals surface area (Å²) in [7, 11) is 1.18. The highest BCUT2D eigenvalue weighted by Gasteiger charge is 2.31. The van der Waals surface area contributed by atoms with E-state index in [0.29, 0.717) is 0 Å². The number of nitrogens with zero attached hydrogens (tertiary/aromatic N) is 3. The van der Waals surface area contributed by atoms with Gasteiger partial charge in [0, 0.05) is 5.69 Å². The van der Waals surface area contributed by atoms with Crippen molar-refractivity contribution in [3.63, 3.8) is 0 Å². The number of methoxy groups -OCH3 is 1. The zero-order valence-corrected chi connectivity index (χ0v) is 15.8. The zero-order chi connectivity index (χ0) is 22.6. The Morgan fingerprint density at radius 3 is 2.39 bits per heavy atom. The SMILES string of the molecule is COC(=O)c1ccccc1Nc1ncnc(Nc2cccc(C(F)(F)F)c2)c1[N+](=O)[O-]. The summed E-state index contributed by atoms with van der Waals surface area (Å²) in [6.07, 6.45) is -3.59. The molecule has 1 heterocycles. The van der Waals surface area contributed by atoms with Gasteiger partial charge < -0.3 is 15.4 Å². The van der Waals surface area contributed by atoms with Gasteiger partial charge in [0.25, 0.3) is 0 Å². The highest BCUT2D eigenvalue weighted by molar-refractivity contribution is 5.96. The first-order valence-electron chi connectivity index (χ1n) is 8.58. The van der Waals surface area contributed by atoms with E-state index in [1.54, 1.807) is 12.1 Å². The average molecular weight is 433 g/mol. The number of para-hydroxylation sites is 1. The minimum absolute atomic E-state index is 0.0578. The highest BCUT2D eigenvalue weighted by Crippen LogP contribution is 2.35. The quantitative estimate of drug-likeness (QED) is 0.327. The van der Waals surface area contributed by atoms with Gasteiger partial charge in [0.1, 0.15) is 6.33 Å². The van der Waals surface area contributed by atoms with Crippen molar-refractivity contribution < 1.29 is 27.6 Å². The van der Waals surface area contributed by atoms with Gasteiger partial charge in [0.05, 0.1) is 28.8 Å². The molecule has 0 radical (unpaired) electrons. The van der Waals surface area contributed by atoms with Crippen LogP contribution in [0.1, 0.15) is 15.9 Å². The van der Waals surface area contributed by atoms with E-state index in [0.717, 1.165) is 24.5 Å². The molecule has 9 nitrogen and oxygen atoms in total. The number of ether oxygens (including phenoxy) is 1. The first-order chi connectivity index (χ1) is 14.7. The molecule has 0 aliphatic heterocycles. The van der Waals surface area contributed by atoms with Crippen molar-refractivity contribution in [2.75, 3.05) is 17.7 Å². The van der Waals surface area contributed by atoms with Crippen molar-refractivity contribution in [3.8, 4) is 0 Å². The Balaban J connectivity index is 2.00. The fraction of sp³-hybridized carbons (Fsp3) is 0.105. The molecule has 31 heavy (non-hydrogen) atoms. The van der Waals surface area contributed by atoms with Crippen LogP contribution >= 0.6 is 0 Å². The van der Waals surface area contributed by atoms with Crippen LogP contribution in [0.15, 0.2) is 54.9 Å². The molecule has 0 saturated heterocycles. The molecule has 0 aliphatic carbocycles. The third kappa shape index (κ3) is 4.86. The van der Waals surface area contributed by atoms with E-state index in [4.69, 9.17) is 0 Å². The summed E-state index contributed by atoms with van der Waals surface area (Å²) in [6.45, 7) is 0. The molecule has 0 unspecified atom stereocenters. The number of nitro groups is 1. The highest BCUT2D eigenvalue weighted by atomic mass is 19.4. The topological polar surface area (TPSA) is 119 Å². The lowest BCUT2D eigenvalue weighted by atomic mass is 10.1. The molecule has 160 valence electrons. The van der Waals surface area contributed by atoms with E-state index in [-0.39, 0.29) is 28.6 Å². The van der Waals surface area contributed by atoms with Gasteiger partial charge in [0.2, 0.25) is 11.6 Å². The summed E-state index contributed by atoms with van der Waals surface area (Å²) in [4.78, 5) is 30.5. The molecule has 1 aromatic heterocycles. The molecule has 3 aromatic rings. The Bertz CT molecular complexity index is 1140. The van der Waals surface area contributed by atoms with Crippen LogP contribution in [0.5, 0.6) is 0 Å². The van der Waals surface area contributed by atoms with E-state index >= 15 is 0 Å². The van der Waals surface area contributed by atoms with Gasteiger partial charge in [-0.3, -0.25) is 10.1 Å². The van der Waals surface area contributed by atoms with Crippen molar-refractivity contribution in [1.29, 1.82) is 0 Å². The van der Waals surface area contributed by atoms with Gasteiger partial charge >= 0.3 is 17.8 Å². The molecule has 2 aromatic carbocycles. The second kappa shape index (κ2) is 8.65. The second-order valence-electron chi connectivity index (χ2n) is 6.04. The molecule has 0 spiro atoms. The number of benzene rings is 2. The molecule has 2 N–H and O–H groups in total. The maximum absolute atomic E-state index is 12.9. The lowest BCUT2D eigenvalue weighted by Crippen LogP contribution is -2.09. The number of rotatable bonds is 6. The van der Waals surface area contributed by atoms with Crippen LogP contribution in [0.25, 0.3) is 0 Å². The lowest BCUT2D eigenvalue weighted by Gasteiger charge is -2.13. The molecule has 0 amide bonds. The summed E-state index contributed by atoms with van der Waals surface area (Å²) in [5.74, 6) is -1.29. The monoisotopic (exact) mass is 433 g/mol. The zero-order valence-electron chi connectivity index (χ0n) is 15.8. The summed E-state index contributed by atoms with van der Waals surface area (Å²) in [6, 6.07) is 10.2. The normalized spacial score (nSPS) is 11.0. The van der Waals surface area contributed by atoms with Crippen LogP contribution in [0.2, 0.25) is 0 Å². The van der Waals surface area contributed by atoms with Gasteiger partial charge in [-0.2, -0.15) is 13.2 Å². The largest absolute Gasteiger partial charge is 0.465 e. The minimum atomic E-state index is -4.58. The van der Waals surface area contributed by atoms with E-state index in [1.807, 2.05) is 0 Å². The number of carbonyl (C=O) groups is 1. The van der Waals surface area contributed by atoms with Crippen molar-refractivity contribution in [2.45, 2.75) is 6.18 Å². The Morgan fingerprint density at radius 1 is 1.06 bits per heavy atom. The standard InChI is InChI=1S/C19H14F3N5O4/c1-31-18(28)13-7-2-3-8-14(13)26-17-15(27(29)30)16(23-10-24-17)25-12-6-4-5-11(9-12)19(20,21)22/h2-10H,1H3,(H2,23,24,25,26). The number of alkyl halides is 3. The number of esters is 1. The Hall–Kier alpha value is -4.22. The Morgan fingerprint density at radius 2 is 1.74 bits per heavy atom. The summed E-state index contributed by atoms with van der Waals surface area (Å²) < 4.78 is 43.5. The predicted molar refractivity (Wildman–Crippen MR) is 104 cm³/mol. The third-order valence-electron chi connectivity index (χ3n) is 4.04. The van der Waals surface area contributed by atoms with Gasteiger partial charge in [-0.25, -0.2) is 14.8 Å². The number of carbonyl (C=O) groups excluding carboxylic acids is 1. The molecule has 0 atom stereocenters. The summed E-state index contributed by atoms with van der Waals surface area (Å²) in [5.41, 5.74) is -1.33. The Kier molecular flexibility index (Phi) is 6.00. The maximum Gasteiger partial charge on any atom is 0.416 e. The Labute approximate surface area is 173 Å². The predicted octanol–water partition coefficient (Wildman–Crippen LogP) is 4.68. The third-order valence-corrected chi connectivity index (χ3v) is 4.04. The lowest BCUT2D eigenvalue weighted by molar-refractivity contribution is -0.383. The fourth-order valence-corrected chi connectivity index (χ4v) is 2.65. The number of nitrogens with one attached hydrogen (secondary N) is 2. The maximum atomic E-state index is 12.9.